The first kappa shape index (κ1) is 28.7. The van der Waals surface area contributed by atoms with Gasteiger partial charge in [-0.05, 0) is 36.1 Å². The van der Waals surface area contributed by atoms with Crippen molar-refractivity contribution in [2.45, 2.75) is 64.1 Å². The molecular formula is C30H37F2NO4. The van der Waals surface area contributed by atoms with Gasteiger partial charge in [0, 0.05) is 17.7 Å². The number of alkyl halides is 2. The molecule has 0 heterocycles. The summed E-state index contributed by atoms with van der Waals surface area (Å²) < 4.78 is 40.7. The highest BCUT2D eigenvalue weighted by Crippen LogP contribution is 2.29. The number of hydrogen-bond acceptors (Lipinski definition) is 5. The van der Waals surface area contributed by atoms with Gasteiger partial charge >= 0.3 is 0 Å². The predicted molar refractivity (Wildman–Crippen MR) is 140 cm³/mol. The van der Waals surface area contributed by atoms with E-state index >= 15 is 0 Å². The Hall–Kier alpha value is -2.84. The van der Waals surface area contributed by atoms with Crippen LogP contribution in [0.1, 0.15) is 61.0 Å². The van der Waals surface area contributed by atoms with E-state index in [4.69, 9.17) is 9.47 Å². The van der Waals surface area contributed by atoms with E-state index in [-0.39, 0.29) is 18.7 Å². The van der Waals surface area contributed by atoms with Crippen LogP contribution < -0.4 is 10.1 Å². The van der Waals surface area contributed by atoms with Gasteiger partial charge in [0.25, 0.3) is 5.92 Å². The number of nitrogens with one attached hydrogen (secondary N) is 1. The van der Waals surface area contributed by atoms with Crippen molar-refractivity contribution in [1.82, 2.24) is 5.32 Å². The summed E-state index contributed by atoms with van der Waals surface area (Å²) in [5.74, 6) is -2.57. The van der Waals surface area contributed by atoms with E-state index < -0.39 is 24.9 Å². The van der Waals surface area contributed by atoms with Gasteiger partial charge in [-0.3, -0.25) is 5.32 Å². The minimum atomic E-state index is -3.11. The first-order valence-electron chi connectivity index (χ1n) is 12.8. The van der Waals surface area contributed by atoms with Gasteiger partial charge in [0.15, 0.2) is 0 Å². The Kier molecular flexibility index (Phi) is 11.5. The number of hydrogen-bond donors (Lipinski definition) is 3. The molecule has 2 atom stereocenters. The van der Waals surface area contributed by atoms with Gasteiger partial charge in [-0.1, -0.05) is 86.5 Å². The largest absolute Gasteiger partial charge is 0.489 e. The molecule has 0 radical (unpaired) electrons. The van der Waals surface area contributed by atoms with Gasteiger partial charge in [0.1, 0.15) is 25.2 Å². The van der Waals surface area contributed by atoms with Crippen molar-refractivity contribution in [3.63, 3.8) is 0 Å². The van der Waals surface area contributed by atoms with Crippen molar-refractivity contribution in [3.05, 3.63) is 101 Å². The molecule has 0 saturated heterocycles. The summed E-state index contributed by atoms with van der Waals surface area (Å²) in [5.41, 5.74) is 2.07. The monoisotopic (exact) mass is 513 g/mol. The van der Waals surface area contributed by atoms with E-state index in [9.17, 15) is 19.0 Å². The highest BCUT2D eigenvalue weighted by atomic mass is 19.3. The van der Waals surface area contributed by atoms with Crippen molar-refractivity contribution in [1.29, 1.82) is 0 Å². The molecule has 3 aromatic rings. The third-order valence-corrected chi connectivity index (χ3v) is 6.15. The Morgan fingerprint density at radius 3 is 2.32 bits per heavy atom. The van der Waals surface area contributed by atoms with Gasteiger partial charge in [0.05, 0.1) is 12.7 Å². The van der Waals surface area contributed by atoms with Crippen molar-refractivity contribution in [2.75, 3.05) is 13.2 Å². The molecule has 37 heavy (non-hydrogen) atoms. The Balaban J connectivity index is 1.58. The number of halogens is 2. The van der Waals surface area contributed by atoms with Gasteiger partial charge < -0.3 is 19.7 Å². The van der Waals surface area contributed by atoms with Crippen LogP contribution in [0.4, 0.5) is 8.78 Å². The summed E-state index contributed by atoms with van der Waals surface area (Å²) in [4.78, 5) is 0. The smallest absolute Gasteiger partial charge is 0.296 e. The molecule has 0 spiro atoms. The minimum Gasteiger partial charge on any atom is -0.489 e. The van der Waals surface area contributed by atoms with Crippen LogP contribution in [0.2, 0.25) is 0 Å². The summed E-state index contributed by atoms with van der Waals surface area (Å²) in [6, 6.07) is 22.5. The van der Waals surface area contributed by atoms with E-state index in [0.717, 1.165) is 24.8 Å². The lowest BCUT2D eigenvalue weighted by atomic mass is 10.0. The molecule has 0 aliphatic heterocycles. The summed E-state index contributed by atoms with van der Waals surface area (Å²) in [5, 5.41) is 23.7. The van der Waals surface area contributed by atoms with Crippen molar-refractivity contribution < 1.29 is 28.5 Å². The number of benzene rings is 3. The van der Waals surface area contributed by atoms with Crippen LogP contribution in [0, 0.1) is 0 Å². The van der Waals surface area contributed by atoms with Crippen LogP contribution in [0.25, 0.3) is 0 Å². The molecule has 0 aromatic heterocycles. The molecule has 5 nitrogen and oxygen atoms in total. The van der Waals surface area contributed by atoms with Crippen LogP contribution in [0.15, 0.2) is 78.9 Å². The maximum Gasteiger partial charge on any atom is 0.296 e. The molecule has 3 aromatic carbocycles. The first-order chi connectivity index (χ1) is 17.9. The Labute approximate surface area is 218 Å². The lowest BCUT2D eigenvalue weighted by Gasteiger charge is -2.25. The average Bonchev–Trinajstić information content (AvgIpc) is 2.94. The fourth-order valence-corrected chi connectivity index (χ4v) is 3.96. The lowest BCUT2D eigenvalue weighted by molar-refractivity contribution is -0.114. The zero-order chi connectivity index (χ0) is 26.5. The molecule has 0 fully saturated rings. The number of aliphatic hydroxyl groups excluding tert-OH is 2. The van der Waals surface area contributed by atoms with Crippen LogP contribution in [0.5, 0.6) is 5.75 Å². The van der Waals surface area contributed by atoms with Crippen LogP contribution in [-0.4, -0.2) is 29.6 Å². The molecule has 200 valence electrons. The van der Waals surface area contributed by atoms with Crippen LogP contribution in [-0.2, 0) is 23.9 Å². The second-order valence-electron chi connectivity index (χ2n) is 9.09. The molecule has 3 rings (SSSR count). The topological polar surface area (TPSA) is 71.0 Å². The standard InChI is InChI=1S/C30H37F2NO4/c1-2-3-6-15-29(37-22-30(31,32)26-13-9-5-10-14-26)33-19-27(35)24-16-17-28(25(18-24)20-34)36-21-23-11-7-4-8-12-23/h4-5,7-14,16-18,27,29,33-35H,2-3,6,15,19-22H2,1H3/t27-,29?/m1/s1. The highest BCUT2D eigenvalue weighted by Gasteiger charge is 2.33. The Bertz CT molecular complexity index is 1050. The van der Waals surface area contributed by atoms with Crippen LogP contribution >= 0.6 is 0 Å². The van der Waals surface area contributed by atoms with E-state index in [1.807, 2.05) is 30.3 Å². The van der Waals surface area contributed by atoms with Gasteiger partial charge in [-0.15, -0.1) is 0 Å². The second kappa shape index (κ2) is 14.8. The van der Waals surface area contributed by atoms with Crippen LogP contribution in [0.3, 0.4) is 0 Å². The predicted octanol–water partition coefficient (Wildman–Crippen LogP) is 6.10. The van der Waals surface area contributed by atoms with Crippen molar-refractivity contribution in [2.24, 2.45) is 0 Å². The number of aliphatic hydroxyl groups is 2. The molecule has 0 aliphatic carbocycles. The number of rotatable bonds is 16. The third kappa shape index (κ3) is 9.20. The quantitative estimate of drug-likeness (QED) is 0.160. The summed E-state index contributed by atoms with van der Waals surface area (Å²) in [6.07, 6.45) is 1.80. The summed E-state index contributed by atoms with van der Waals surface area (Å²) in [6.45, 7) is 1.56. The lowest BCUT2D eigenvalue weighted by Crippen LogP contribution is -2.37. The fourth-order valence-electron chi connectivity index (χ4n) is 3.96. The zero-order valence-corrected chi connectivity index (χ0v) is 21.3. The van der Waals surface area contributed by atoms with E-state index in [1.54, 1.807) is 36.4 Å². The van der Waals surface area contributed by atoms with Gasteiger partial charge in [-0.2, -0.15) is 8.78 Å². The van der Waals surface area contributed by atoms with Gasteiger partial charge in [0.2, 0.25) is 0 Å². The highest BCUT2D eigenvalue weighted by molar-refractivity contribution is 5.38. The van der Waals surface area contributed by atoms with E-state index in [2.05, 4.69) is 12.2 Å². The second-order valence-corrected chi connectivity index (χ2v) is 9.09. The van der Waals surface area contributed by atoms with E-state index in [1.165, 1.54) is 12.1 Å². The SMILES string of the molecule is CCCCCC(NC[C@@H](O)c1ccc(OCc2ccccc2)c(CO)c1)OCC(F)(F)c1ccccc1. The van der Waals surface area contributed by atoms with E-state index in [0.29, 0.717) is 29.9 Å². The average molecular weight is 514 g/mol. The minimum absolute atomic E-state index is 0.0894. The Morgan fingerprint density at radius 2 is 1.65 bits per heavy atom. The number of ether oxygens (including phenoxy) is 2. The molecule has 0 bridgehead atoms. The zero-order valence-electron chi connectivity index (χ0n) is 21.3. The molecule has 0 saturated carbocycles. The summed E-state index contributed by atoms with van der Waals surface area (Å²) in [7, 11) is 0. The fraction of sp³-hybridized carbons (Fsp3) is 0.400. The molecule has 3 N–H and O–H groups in total. The van der Waals surface area contributed by atoms with Crippen molar-refractivity contribution >= 4 is 0 Å². The molecule has 0 amide bonds. The maximum atomic E-state index is 14.6. The maximum absolute atomic E-state index is 14.6. The molecule has 1 unspecified atom stereocenters. The Morgan fingerprint density at radius 1 is 0.946 bits per heavy atom. The number of unbranched alkanes of at least 4 members (excludes halogenated alkanes) is 2. The molecule has 0 aliphatic rings. The molecule has 7 heteroatoms. The van der Waals surface area contributed by atoms with Crippen molar-refractivity contribution in [3.8, 4) is 5.75 Å². The molecular weight excluding hydrogens is 476 g/mol. The third-order valence-electron chi connectivity index (χ3n) is 6.15. The first-order valence-corrected chi connectivity index (χ1v) is 12.8. The normalized spacial score (nSPS) is 13.3. The van der Waals surface area contributed by atoms with Gasteiger partial charge in [-0.25, -0.2) is 0 Å². The summed E-state index contributed by atoms with van der Waals surface area (Å²) >= 11 is 0.